The van der Waals surface area contributed by atoms with Crippen molar-refractivity contribution in [2.75, 3.05) is 6.54 Å². The summed E-state index contributed by atoms with van der Waals surface area (Å²) in [5.74, 6) is 1.08. The van der Waals surface area contributed by atoms with Crippen LogP contribution in [0.1, 0.15) is 43.1 Å². The first-order valence-electron chi connectivity index (χ1n) is 6.94. The van der Waals surface area contributed by atoms with Crippen molar-refractivity contribution in [1.29, 1.82) is 0 Å². The van der Waals surface area contributed by atoms with Gasteiger partial charge in [0.15, 0.2) is 5.78 Å². The zero-order chi connectivity index (χ0) is 13.1. The van der Waals surface area contributed by atoms with Crippen LogP contribution in [0, 0.1) is 11.8 Å². The summed E-state index contributed by atoms with van der Waals surface area (Å²) in [5, 5.41) is 3.35. The Morgan fingerprint density at radius 2 is 2.22 bits per heavy atom. The van der Waals surface area contributed by atoms with E-state index in [1.807, 2.05) is 12.1 Å². The van der Waals surface area contributed by atoms with Gasteiger partial charge in [0.05, 0.1) is 0 Å². The van der Waals surface area contributed by atoms with E-state index in [1.165, 1.54) is 5.56 Å². The molecule has 2 nitrogen and oxygen atoms in total. The van der Waals surface area contributed by atoms with Crippen LogP contribution < -0.4 is 5.32 Å². The van der Waals surface area contributed by atoms with E-state index < -0.39 is 0 Å². The van der Waals surface area contributed by atoms with Crippen molar-refractivity contribution in [3.63, 3.8) is 0 Å². The third-order valence-electron chi connectivity index (χ3n) is 3.72. The summed E-state index contributed by atoms with van der Waals surface area (Å²) in [5.41, 5.74) is 2.16. The number of rotatable bonds is 4. The first-order valence-corrected chi connectivity index (χ1v) is 6.94. The van der Waals surface area contributed by atoms with Crippen LogP contribution >= 0.6 is 0 Å². The van der Waals surface area contributed by atoms with Crippen LogP contribution in [0.2, 0.25) is 0 Å². The van der Waals surface area contributed by atoms with Gasteiger partial charge in [0.25, 0.3) is 0 Å². The highest BCUT2D eigenvalue weighted by atomic mass is 16.1. The summed E-state index contributed by atoms with van der Waals surface area (Å²) >= 11 is 0. The number of hydrogen-bond donors (Lipinski definition) is 1. The van der Waals surface area contributed by atoms with Crippen LogP contribution in [0.5, 0.6) is 0 Å². The maximum absolute atomic E-state index is 12.5. The quantitative estimate of drug-likeness (QED) is 0.826. The van der Waals surface area contributed by atoms with Crippen molar-refractivity contribution in [1.82, 2.24) is 5.32 Å². The van der Waals surface area contributed by atoms with Crippen LogP contribution in [0.25, 0.3) is 0 Å². The van der Waals surface area contributed by atoms with Gasteiger partial charge in [-0.05, 0) is 43.9 Å². The summed E-state index contributed by atoms with van der Waals surface area (Å²) in [6.07, 6.45) is 2.01. The minimum atomic E-state index is 0.152. The summed E-state index contributed by atoms with van der Waals surface area (Å²) in [4.78, 5) is 12.5. The Morgan fingerprint density at radius 3 is 2.83 bits per heavy atom. The van der Waals surface area contributed by atoms with Crippen molar-refractivity contribution >= 4 is 5.78 Å². The fourth-order valence-electron chi connectivity index (χ4n) is 2.75. The van der Waals surface area contributed by atoms with Crippen molar-refractivity contribution in [3.8, 4) is 0 Å². The highest BCUT2D eigenvalue weighted by Gasteiger charge is 2.29. The van der Waals surface area contributed by atoms with Crippen molar-refractivity contribution in [2.45, 2.75) is 39.7 Å². The fourth-order valence-corrected chi connectivity index (χ4v) is 2.75. The molecule has 1 heterocycles. The van der Waals surface area contributed by atoms with Crippen LogP contribution in [-0.4, -0.2) is 18.4 Å². The third kappa shape index (κ3) is 2.99. The minimum Gasteiger partial charge on any atom is -0.313 e. The largest absolute Gasteiger partial charge is 0.313 e. The molecule has 0 radical (unpaired) electrons. The van der Waals surface area contributed by atoms with E-state index in [-0.39, 0.29) is 5.92 Å². The average Bonchev–Trinajstić information content (AvgIpc) is 2.74. The van der Waals surface area contributed by atoms with Gasteiger partial charge in [-0.3, -0.25) is 4.79 Å². The van der Waals surface area contributed by atoms with Gasteiger partial charge in [-0.2, -0.15) is 0 Å². The molecule has 0 saturated carbocycles. The predicted molar refractivity (Wildman–Crippen MR) is 74.9 cm³/mol. The average molecular weight is 245 g/mol. The Labute approximate surface area is 110 Å². The number of carbonyl (C=O) groups is 1. The summed E-state index contributed by atoms with van der Waals surface area (Å²) in [6, 6.07) is 8.47. The minimum absolute atomic E-state index is 0.152. The molecule has 2 unspecified atom stereocenters. The van der Waals surface area contributed by atoms with E-state index in [0.29, 0.717) is 17.7 Å². The third-order valence-corrected chi connectivity index (χ3v) is 3.72. The molecule has 18 heavy (non-hydrogen) atoms. The SMILES string of the molecule is CC(C)Cc1cccc(C(=O)C2CCNC2C)c1. The Balaban J connectivity index is 2.15. The zero-order valence-electron chi connectivity index (χ0n) is 11.6. The second kappa shape index (κ2) is 5.66. The van der Waals surface area contributed by atoms with Gasteiger partial charge in [0, 0.05) is 17.5 Å². The molecule has 0 amide bonds. The van der Waals surface area contributed by atoms with E-state index in [4.69, 9.17) is 0 Å². The van der Waals surface area contributed by atoms with Crippen molar-refractivity contribution in [2.24, 2.45) is 11.8 Å². The second-order valence-electron chi connectivity index (χ2n) is 5.80. The first-order chi connectivity index (χ1) is 8.58. The maximum Gasteiger partial charge on any atom is 0.167 e. The molecule has 1 saturated heterocycles. The van der Waals surface area contributed by atoms with Gasteiger partial charge >= 0.3 is 0 Å². The molecular weight excluding hydrogens is 222 g/mol. The molecule has 98 valence electrons. The monoisotopic (exact) mass is 245 g/mol. The predicted octanol–water partition coefficient (Wildman–Crippen LogP) is 3.07. The number of benzene rings is 1. The smallest absolute Gasteiger partial charge is 0.167 e. The maximum atomic E-state index is 12.5. The van der Waals surface area contributed by atoms with Crippen LogP contribution in [0.4, 0.5) is 0 Å². The lowest BCUT2D eigenvalue weighted by Gasteiger charge is -2.14. The van der Waals surface area contributed by atoms with E-state index in [0.717, 1.165) is 24.9 Å². The number of nitrogens with one attached hydrogen (secondary N) is 1. The van der Waals surface area contributed by atoms with E-state index in [1.54, 1.807) is 0 Å². The van der Waals surface area contributed by atoms with Crippen molar-refractivity contribution < 1.29 is 4.79 Å². The standard InChI is InChI=1S/C16H23NO/c1-11(2)9-13-5-4-6-14(10-13)16(18)15-7-8-17-12(15)3/h4-6,10-12,15,17H,7-9H2,1-3H3. The molecular formula is C16H23NO. The molecule has 1 aromatic rings. The highest BCUT2D eigenvalue weighted by molar-refractivity contribution is 5.98. The van der Waals surface area contributed by atoms with Gasteiger partial charge in [0.1, 0.15) is 0 Å². The summed E-state index contributed by atoms with van der Waals surface area (Å²) < 4.78 is 0. The molecule has 0 aromatic heterocycles. The lowest BCUT2D eigenvalue weighted by atomic mass is 9.90. The number of carbonyl (C=O) groups excluding carboxylic acids is 1. The van der Waals surface area contributed by atoms with Crippen molar-refractivity contribution in [3.05, 3.63) is 35.4 Å². The second-order valence-corrected chi connectivity index (χ2v) is 5.80. The molecule has 2 rings (SSSR count). The number of hydrogen-bond acceptors (Lipinski definition) is 2. The van der Waals surface area contributed by atoms with Crippen LogP contribution in [0.3, 0.4) is 0 Å². The topological polar surface area (TPSA) is 29.1 Å². The Hall–Kier alpha value is -1.15. The highest BCUT2D eigenvalue weighted by Crippen LogP contribution is 2.21. The Bertz CT molecular complexity index is 425. The molecule has 1 fully saturated rings. The van der Waals surface area contributed by atoms with E-state index >= 15 is 0 Å². The fraction of sp³-hybridized carbons (Fsp3) is 0.562. The van der Waals surface area contributed by atoms with Gasteiger partial charge in [0.2, 0.25) is 0 Å². The molecule has 2 atom stereocenters. The molecule has 1 N–H and O–H groups in total. The Kier molecular flexibility index (Phi) is 4.18. The molecule has 0 aliphatic carbocycles. The number of ketones is 1. The van der Waals surface area contributed by atoms with Crippen LogP contribution in [0.15, 0.2) is 24.3 Å². The van der Waals surface area contributed by atoms with Gasteiger partial charge in [-0.1, -0.05) is 32.0 Å². The molecule has 1 aliphatic rings. The lowest BCUT2D eigenvalue weighted by Crippen LogP contribution is -2.28. The van der Waals surface area contributed by atoms with Gasteiger partial charge < -0.3 is 5.32 Å². The molecule has 2 heteroatoms. The Morgan fingerprint density at radius 1 is 1.44 bits per heavy atom. The van der Waals surface area contributed by atoms with Gasteiger partial charge in [-0.15, -0.1) is 0 Å². The summed E-state index contributed by atoms with van der Waals surface area (Å²) in [7, 11) is 0. The zero-order valence-corrected chi connectivity index (χ0v) is 11.6. The van der Waals surface area contributed by atoms with Crippen LogP contribution in [-0.2, 0) is 6.42 Å². The number of Topliss-reactive ketones (excluding diaryl/α,β-unsaturated/α-hetero) is 1. The lowest BCUT2D eigenvalue weighted by molar-refractivity contribution is 0.0914. The molecule has 0 spiro atoms. The first kappa shape index (κ1) is 13.3. The summed E-state index contributed by atoms with van der Waals surface area (Å²) in [6.45, 7) is 7.48. The normalized spacial score (nSPS) is 23.6. The molecule has 0 bridgehead atoms. The molecule has 1 aliphatic heterocycles. The van der Waals surface area contributed by atoms with E-state index in [2.05, 4.69) is 38.2 Å². The van der Waals surface area contributed by atoms with E-state index in [9.17, 15) is 4.79 Å². The molecule has 1 aromatic carbocycles. The van der Waals surface area contributed by atoms with Gasteiger partial charge in [-0.25, -0.2) is 0 Å².